The van der Waals surface area contributed by atoms with Crippen molar-refractivity contribution >= 4 is 22.5 Å². The van der Waals surface area contributed by atoms with Gasteiger partial charge in [0, 0.05) is 61.1 Å². The van der Waals surface area contributed by atoms with Crippen LogP contribution in [0.2, 0.25) is 0 Å². The molecule has 2 N–H and O–H groups in total. The lowest BCUT2D eigenvalue weighted by molar-refractivity contribution is 0.0709. The minimum absolute atomic E-state index is 0.0269. The first-order chi connectivity index (χ1) is 15.6. The van der Waals surface area contributed by atoms with Crippen molar-refractivity contribution < 1.29 is 9.53 Å². The molecule has 7 heteroatoms. The summed E-state index contributed by atoms with van der Waals surface area (Å²) in [6, 6.07) is 14.4. The third kappa shape index (κ3) is 3.57. The van der Waals surface area contributed by atoms with Crippen LogP contribution in [0.15, 0.2) is 48.7 Å². The van der Waals surface area contributed by atoms with Crippen molar-refractivity contribution in [1.29, 1.82) is 0 Å². The largest absolute Gasteiger partial charge is 0.383 e. The van der Waals surface area contributed by atoms with Crippen LogP contribution in [-0.2, 0) is 11.3 Å². The van der Waals surface area contributed by atoms with Crippen molar-refractivity contribution in [2.24, 2.45) is 5.73 Å². The molecule has 166 valence electrons. The molecule has 5 rings (SSSR count). The molecule has 0 bridgehead atoms. The smallest absolute Gasteiger partial charge is 0.254 e. The number of aromatic nitrogens is 3. The molecule has 1 atom stereocenters. The molecule has 1 amide bonds. The van der Waals surface area contributed by atoms with E-state index in [1.165, 1.54) is 5.39 Å². The van der Waals surface area contributed by atoms with E-state index >= 15 is 0 Å². The Morgan fingerprint density at radius 1 is 1.25 bits per heavy atom. The van der Waals surface area contributed by atoms with E-state index in [0.29, 0.717) is 18.7 Å². The monoisotopic (exact) mass is 431 g/mol. The summed E-state index contributed by atoms with van der Waals surface area (Å²) in [4.78, 5) is 19.9. The molecule has 1 aromatic carbocycles. The van der Waals surface area contributed by atoms with Gasteiger partial charge < -0.3 is 24.3 Å². The first kappa shape index (κ1) is 20.7. The third-order valence-corrected chi connectivity index (χ3v) is 6.43. The summed E-state index contributed by atoms with van der Waals surface area (Å²) in [5.41, 5.74) is 11.7. The second-order valence-corrected chi connectivity index (χ2v) is 8.58. The van der Waals surface area contributed by atoms with Gasteiger partial charge in [-0.05, 0) is 44.0 Å². The first-order valence-corrected chi connectivity index (χ1v) is 11.2. The zero-order valence-electron chi connectivity index (χ0n) is 18.6. The van der Waals surface area contributed by atoms with E-state index < -0.39 is 0 Å². The highest BCUT2D eigenvalue weighted by Gasteiger charge is 2.23. The second kappa shape index (κ2) is 8.41. The molecule has 0 aliphatic carbocycles. The Kier molecular flexibility index (Phi) is 5.45. The molecule has 1 saturated heterocycles. The van der Waals surface area contributed by atoms with Gasteiger partial charge in [-0.1, -0.05) is 18.2 Å². The SMILES string of the molecule is COCCn1c(-c2nc3cc(C(=O)N4CCCC(N)C4)ccn3c2C)cc2ccccc21. The van der Waals surface area contributed by atoms with E-state index in [-0.39, 0.29) is 11.9 Å². The number of benzene rings is 1. The Balaban J connectivity index is 1.56. The molecule has 1 fully saturated rings. The number of nitrogens with two attached hydrogens (primary N) is 1. The van der Waals surface area contributed by atoms with Gasteiger partial charge in [-0.25, -0.2) is 4.98 Å². The normalized spacial score (nSPS) is 16.8. The molecule has 0 radical (unpaired) electrons. The quantitative estimate of drug-likeness (QED) is 0.525. The summed E-state index contributed by atoms with van der Waals surface area (Å²) in [6.07, 6.45) is 3.87. The predicted molar refractivity (Wildman–Crippen MR) is 126 cm³/mol. The van der Waals surface area contributed by atoms with Crippen LogP contribution in [-0.4, -0.2) is 57.6 Å². The minimum atomic E-state index is 0.0269. The number of ether oxygens (including phenoxy) is 1. The minimum Gasteiger partial charge on any atom is -0.383 e. The van der Waals surface area contributed by atoms with Crippen LogP contribution in [0.5, 0.6) is 0 Å². The Bertz CT molecular complexity index is 1290. The van der Waals surface area contributed by atoms with Gasteiger partial charge in [0.05, 0.1) is 12.3 Å². The number of carbonyl (C=O) groups excluding carboxylic acids is 1. The van der Waals surface area contributed by atoms with Gasteiger partial charge in [-0.3, -0.25) is 4.79 Å². The number of pyridine rings is 1. The Hall–Kier alpha value is -3.16. The first-order valence-electron chi connectivity index (χ1n) is 11.2. The van der Waals surface area contributed by atoms with Crippen LogP contribution in [0.3, 0.4) is 0 Å². The highest BCUT2D eigenvalue weighted by atomic mass is 16.5. The fourth-order valence-electron chi connectivity index (χ4n) is 4.75. The number of methoxy groups -OCH3 is 1. The number of imidazole rings is 1. The number of rotatable bonds is 5. The zero-order valence-corrected chi connectivity index (χ0v) is 18.6. The number of fused-ring (bicyclic) bond motifs is 2. The molecular weight excluding hydrogens is 402 g/mol. The van der Waals surface area contributed by atoms with Crippen LogP contribution in [0.1, 0.15) is 28.9 Å². The molecule has 1 unspecified atom stereocenters. The fraction of sp³-hybridized carbons (Fsp3) is 0.360. The molecule has 1 aliphatic heterocycles. The van der Waals surface area contributed by atoms with Gasteiger partial charge in [-0.2, -0.15) is 0 Å². The van der Waals surface area contributed by atoms with Crippen LogP contribution < -0.4 is 5.73 Å². The van der Waals surface area contributed by atoms with E-state index in [9.17, 15) is 4.79 Å². The summed E-state index contributed by atoms with van der Waals surface area (Å²) < 4.78 is 9.66. The molecule has 3 aromatic heterocycles. The van der Waals surface area contributed by atoms with Crippen molar-refractivity contribution in [2.45, 2.75) is 32.4 Å². The van der Waals surface area contributed by atoms with E-state index in [0.717, 1.165) is 54.2 Å². The van der Waals surface area contributed by atoms with Gasteiger partial charge >= 0.3 is 0 Å². The molecule has 0 spiro atoms. The Morgan fingerprint density at radius 2 is 2.09 bits per heavy atom. The van der Waals surface area contributed by atoms with E-state index in [4.69, 9.17) is 15.5 Å². The van der Waals surface area contributed by atoms with E-state index in [1.54, 1.807) is 7.11 Å². The molecule has 4 aromatic rings. The standard InChI is InChI=1S/C25H29N5O2/c1-17-24(22-14-18-6-3-4-8-21(18)30(22)12-13-32-2)27-23-15-19(9-11-29(17)23)25(31)28-10-5-7-20(26)16-28/h3-4,6,8-9,11,14-15,20H,5,7,10,12-13,16,26H2,1-2H3. The number of hydrogen-bond acceptors (Lipinski definition) is 4. The lowest BCUT2D eigenvalue weighted by Gasteiger charge is -2.30. The summed E-state index contributed by atoms with van der Waals surface area (Å²) in [5.74, 6) is 0.0269. The van der Waals surface area contributed by atoms with Crippen molar-refractivity contribution in [1.82, 2.24) is 18.9 Å². The summed E-state index contributed by atoms with van der Waals surface area (Å²) in [7, 11) is 1.72. The van der Waals surface area contributed by atoms with Gasteiger partial charge in [-0.15, -0.1) is 0 Å². The number of nitrogens with zero attached hydrogens (tertiary/aromatic N) is 4. The zero-order chi connectivity index (χ0) is 22.2. The van der Waals surface area contributed by atoms with Crippen LogP contribution >= 0.6 is 0 Å². The number of aryl methyl sites for hydroxylation is 1. The third-order valence-electron chi connectivity index (χ3n) is 6.43. The number of amides is 1. The summed E-state index contributed by atoms with van der Waals surface area (Å²) in [6.45, 7) is 4.80. The fourth-order valence-corrected chi connectivity index (χ4v) is 4.75. The van der Waals surface area contributed by atoms with Gasteiger partial charge in [0.1, 0.15) is 11.3 Å². The highest BCUT2D eigenvalue weighted by molar-refractivity contribution is 5.95. The van der Waals surface area contributed by atoms with Crippen molar-refractivity contribution in [3.8, 4) is 11.4 Å². The number of hydrogen-bond donors (Lipinski definition) is 1. The molecular formula is C25H29N5O2. The van der Waals surface area contributed by atoms with E-state index in [2.05, 4.69) is 35.8 Å². The second-order valence-electron chi connectivity index (χ2n) is 8.58. The highest BCUT2D eigenvalue weighted by Crippen LogP contribution is 2.31. The maximum Gasteiger partial charge on any atom is 0.254 e. The van der Waals surface area contributed by atoms with Crippen LogP contribution in [0.25, 0.3) is 27.9 Å². The maximum absolute atomic E-state index is 13.1. The average Bonchev–Trinajstić information content (AvgIpc) is 3.34. The molecule has 7 nitrogen and oxygen atoms in total. The number of likely N-dealkylation sites (tertiary alicyclic amines) is 1. The Labute approximate surface area is 187 Å². The lowest BCUT2D eigenvalue weighted by Crippen LogP contribution is -2.45. The van der Waals surface area contributed by atoms with E-state index in [1.807, 2.05) is 33.7 Å². The van der Waals surface area contributed by atoms with Crippen molar-refractivity contribution in [3.63, 3.8) is 0 Å². The lowest BCUT2D eigenvalue weighted by atomic mass is 10.1. The molecule has 0 saturated carbocycles. The van der Waals surface area contributed by atoms with Gasteiger partial charge in [0.2, 0.25) is 0 Å². The average molecular weight is 432 g/mol. The molecule has 4 heterocycles. The molecule has 32 heavy (non-hydrogen) atoms. The number of piperidine rings is 1. The van der Waals surface area contributed by atoms with Gasteiger partial charge in [0.25, 0.3) is 5.91 Å². The van der Waals surface area contributed by atoms with Crippen LogP contribution in [0.4, 0.5) is 0 Å². The Morgan fingerprint density at radius 3 is 2.91 bits per heavy atom. The maximum atomic E-state index is 13.1. The number of carbonyl (C=O) groups is 1. The van der Waals surface area contributed by atoms with Crippen molar-refractivity contribution in [3.05, 3.63) is 59.9 Å². The number of para-hydroxylation sites is 1. The summed E-state index contributed by atoms with van der Waals surface area (Å²) >= 11 is 0. The van der Waals surface area contributed by atoms with Crippen molar-refractivity contribution in [2.75, 3.05) is 26.8 Å². The predicted octanol–water partition coefficient (Wildman–Crippen LogP) is 3.47. The van der Waals surface area contributed by atoms with Gasteiger partial charge in [0.15, 0.2) is 0 Å². The molecule has 1 aliphatic rings. The topological polar surface area (TPSA) is 77.8 Å². The van der Waals surface area contributed by atoms with Crippen LogP contribution in [0, 0.1) is 6.92 Å². The summed E-state index contributed by atoms with van der Waals surface area (Å²) in [5, 5.41) is 1.17.